The van der Waals surface area contributed by atoms with Crippen molar-refractivity contribution in [2.75, 3.05) is 31.6 Å². The monoisotopic (exact) mass is 386 g/mol. The van der Waals surface area contributed by atoms with Crippen molar-refractivity contribution in [3.63, 3.8) is 0 Å². The SMILES string of the molecule is CCOC(=O)NC(=O)C[NH+](CC)CC(=O)Nc1ccc(Br)cc1. The summed E-state index contributed by atoms with van der Waals surface area (Å²) in [5, 5.41) is 4.88. The molecule has 0 fully saturated rings. The number of alkyl carbamates (subject to hydrolysis) is 1. The summed E-state index contributed by atoms with van der Waals surface area (Å²) in [6.45, 7) is 4.43. The normalized spacial score (nSPS) is 11.4. The molecule has 1 unspecified atom stereocenters. The first-order chi connectivity index (χ1) is 10.9. The summed E-state index contributed by atoms with van der Waals surface area (Å²) < 4.78 is 5.56. The number of hydrogen-bond donors (Lipinski definition) is 3. The highest BCUT2D eigenvalue weighted by molar-refractivity contribution is 9.10. The van der Waals surface area contributed by atoms with Gasteiger partial charge in [-0.2, -0.15) is 0 Å². The number of ether oxygens (including phenoxy) is 1. The van der Waals surface area contributed by atoms with Crippen LogP contribution in [0.1, 0.15) is 13.8 Å². The van der Waals surface area contributed by atoms with E-state index in [2.05, 4.69) is 31.3 Å². The predicted octanol–water partition coefficient (Wildman–Crippen LogP) is 0.565. The molecule has 0 aliphatic carbocycles. The molecule has 1 rings (SSSR count). The summed E-state index contributed by atoms with van der Waals surface area (Å²) >= 11 is 3.32. The second kappa shape index (κ2) is 9.96. The number of halogens is 1. The first-order valence-electron chi connectivity index (χ1n) is 7.30. The van der Waals surface area contributed by atoms with Crippen molar-refractivity contribution in [3.05, 3.63) is 28.7 Å². The lowest BCUT2D eigenvalue weighted by atomic mass is 10.3. The van der Waals surface area contributed by atoms with E-state index in [-0.39, 0.29) is 25.6 Å². The molecule has 8 heteroatoms. The molecule has 1 atom stereocenters. The molecule has 0 aliphatic heterocycles. The minimum atomic E-state index is -0.771. The van der Waals surface area contributed by atoms with Crippen LogP contribution in [0.25, 0.3) is 0 Å². The average Bonchev–Trinajstić information content (AvgIpc) is 2.49. The summed E-state index contributed by atoms with van der Waals surface area (Å²) in [6, 6.07) is 7.21. The number of quaternary nitrogens is 1. The Hall–Kier alpha value is -1.93. The lowest BCUT2D eigenvalue weighted by molar-refractivity contribution is -0.881. The zero-order chi connectivity index (χ0) is 17.2. The molecule has 7 nitrogen and oxygen atoms in total. The second-order valence-corrected chi connectivity index (χ2v) is 5.70. The molecule has 1 aromatic carbocycles. The van der Waals surface area contributed by atoms with Gasteiger partial charge in [0.25, 0.3) is 11.8 Å². The zero-order valence-corrected chi connectivity index (χ0v) is 14.7. The van der Waals surface area contributed by atoms with Gasteiger partial charge in [-0.15, -0.1) is 0 Å². The Balaban J connectivity index is 2.45. The Morgan fingerprint density at radius 2 is 1.70 bits per heavy atom. The van der Waals surface area contributed by atoms with Gasteiger partial charge >= 0.3 is 6.09 Å². The van der Waals surface area contributed by atoms with Crippen molar-refractivity contribution >= 4 is 39.5 Å². The molecular formula is C15H21BrN3O4+. The van der Waals surface area contributed by atoms with Crippen LogP contribution in [0.4, 0.5) is 10.5 Å². The van der Waals surface area contributed by atoms with Crippen molar-refractivity contribution in [3.8, 4) is 0 Å². The third-order valence-electron chi connectivity index (χ3n) is 2.97. The molecule has 0 heterocycles. The van der Waals surface area contributed by atoms with E-state index in [1.54, 1.807) is 19.1 Å². The highest BCUT2D eigenvalue weighted by Crippen LogP contribution is 2.13. The van der Waals surface area contributed by atoms with Gasteiger partial charge < -0.3 is 15.0 Å². The fraction of sp³-hybridized carbons (Fsp3) is 0.400. The van der Waals surface area contributed by atoms with E-state index >= 15 is 0 Å². The van der Waals surface area contributed by atoms with Crippen molar-refractivity contribution in [1.29, 1.82) is 0 Å². The maximum Gasteiger partial charge on any atom is 0.414 e. The van der Waals surface area contributed by atoms with Crippen molar-refractivity contribution in [2.24, 2.45) is 0 Å². The molecule has 0 bridgehead atoms. The van der Waals surface area contributed by atoms with Gasteiger partial charge in [-0.05, 0) is 38.1 Å². The van der Waals surface area contributed by atoms with Crippen molar-refractivity contribution < 1.29 is 24.0 Å². The maximum absolute atomic E-state index is 12.0. The minimum absolute atomic E-state index is 0.0169. The predicted molar refractivity (Wildman–Crippen MR) is 89.2 cm³/mol. The Kier molecular flexibility index (Phi) is 8.28. The Labute approximate surface area is 143 Å². The zero-order valence-electron chi connectivity index (χ0n) is 13.1. The van der Waals surface area contributed by atoms with E-state index in [9.17, 15) is 14.4 Å². The first-order valence-corrected chi connectivity index (χ1v) is 8.09. The third kappa shape index (κ3) is 7.75. The molecule has 23 heavy (non-hydrogen) atoms. The van der Waals surface area contributed by atoms with Gasteiger partial charge in [0.15, 0.2) is 13.1 Å². The number of rotatable bonds is 7. The molecule has 0 spiro atoms. The molecule has 3 N–H and O–H groups in total. The fourth-order valence-electron chi connectivity index (χ4n) is 1.83. The lowest BCUT2D eigenvalue weighted by Crippen LogP contribution is -3.14. The van der Waals surface area contributed by atoms with Crippen molar-refractivity contribution in [2.45, 2.75) is 13.8 Å². The topological polar surface area (TPSA) is 88.9 Å². The van der Waals surface area contributed by atoms with E-state index in [0.29, 0.717) is 12.2 Å². The van der Waals surface area contributed by atoms with Crippen LogP contribution in [0.15, 0.2) is 28.7 Å². The van der Waals surface area contributed by atoms with Crippen LogP contribution in [0.5, 0.6) is 0 Å². The smallest absolute Gasteiger partial charge is 0.414 e. The Bertz CT molecular complexity index is 548. The molecule has 0 aromatic heterocycles. The van der Waals surface area contributed by atoms with Gasteiger partial charge in [-0.1, -0.05) is 15.9 Å². The number of hydrogen-bond acceptors (Lipinski definition) is 4. The molecule has 0 saturated heterocycles. The molecule has 3 amide bonds. The number of nitrogens with one attached hydrogen (secondary N) is 3. The number of benzene rings is 1. The maximum atomic E-state index is 12.0. The first kappa shape index (κ1) is 19.1. The van der Waals surface area contributed by atoms with Crippen LogP contribution < -0.4 is 15.5 Å². The molecule has 1 aromatic rings. The van der Waals surface area contributed by atoms with Crippen molar-refractivity contribution in [1.82, 2.24) is 5.32 Å². The van der Waals surface area contributed by atoms with Gasteiger partial charge in [-0.3, -0.25) is 14.9 Å². The molecule has 126 valence electrons. The average molecular weight is 387 g/mol. The van der Waals surface area contributed by atoms with E-state index < -0.39 is 12.0 Å². The highest BCUT2D eigenvalue weighted by atomic mass is 79.9. The molecule has 0 aliphatic rings. The largest absolute Gasteiger partial charge is 0.450 e. The summed E-state index contributed by atoms with van der Waals surface area (Å²) in [4.78, 5) is 35.6. The number of imide groups is 1. The van der Waals surface area contributed by atoms with Gasteiger partial charge in [0.2, 0.25) is 0 Å². The fourth-order valence-corrected chi connectivity index (χ4v) is 2.09. The summed E-state index contributed by atoms with van der Waals surface area (Å²) in [5.41, 5.74) is 0.685. The van der Waals surface area contributed by atoms with Crippen LogP contribution in [-0.4, -0.2) is 44.1 Å². The Morgan fingerprint density at radius 1 is 1.09 bits per heavy atom. The standard InChI is InChI=1S/C15H20BrN3O4/c1-3-19(10-14(21)18-15(22)23-4-2)9-13(20)17-12-7-5-11(16)6-8-12/h5-8H,3-4,9-10H2,1-2H3,(H,17,20)(H,18,21,22)/p+1. The number of amides is 3. The highest BCUT2D eigenvalue weighted by Gasteiger charge is 2.18. The quantitative estimate of drug-likeness (QED) is 0.638. The van der Waals surface area contributed by atoms with Gasteiger partial charge in [-0.25, -0.2) is 4.79 Å². The van der Waals surface area contributed by atoms with E-state index in [0.717, 1.165) is 9.37 Å². The number of likely N-dealkylation sites (N-methyl/N-ethyl adjacent to an activating group) is 1. The summed E-state index contributed by atoms with van der Waals surface area (Å²) in [5.74, 6) is -0.676. The second-order valence-electron chi connectivity index (χ2n) is 4.78. The van der Waals surface area contributed by atoms with Gasteiger partial charge in [0, 0.05) is 10.2 Å². The third-order valence-corrected chi connectivity index (χ3v) is 3.49. The summed E-state index contributed by atoms with van der Waals surface area (Å²) in [7, 11) is 0. The van der Waals surface area contributed by atoms with Crippen LogP contribution in [0.2, 0.25) is 0 Å². The number of carbonyl (C=O) groups is 3. The molecular weight excluding hydrogens is 366 g/mol. The van der Waals surface area contributed by atoms with Crippen LogP contribution in [-0.2, 0) is 14.3 Å². The van der Waals surface area contributed by atoms with E-state index in [4.69, 9.17) is 0 Å². The number of anilines is 1. The molecule has 0 saturated carbocycles. The number of carbonyl (C=O) groups excluding carboxylic acids is 3. The van der Waals surface area contributed by atoms with Gasteiger partial charge in [0.05, 0.1) is 13.2 Å². The summed E-state index contributed by atoms with van der Waals surface area (Å²) in [6.07, 6.45) is -0.771. The van der Waals surface area contributed by atoms with E-state index in [1.165, 1.54) is 0 Å². The van der Waals surface area contributed by atoms with E-state index in [1.807, 2.05) is 19.1 Å². The molecule has 0 radical (unpaired) electrons. The van der Waals surface area contributed by atoms with Crippen LogP contribution >= 0.6 is 15.9 Å². The van der Waals surface area contributed by atoms with Gasteiger partial charge in [0.1, 0.15) is 0 Å². The minimum Gasteiger partial charge on any atom is -0.450 e. The Morgan fingerprint density at radius 3 is 2.26 bits per heavy atom. The van der Waals surface area contributed by atoms with Crippen LogP contribution in [0.3, 0.4) is 0 Å². The van der Waals surface area contributed by atoms with Crippen LogP contribution in [0, 0.1) is 0 Å². The lowest BCUT2D eigenvalue weighted by Gasteiger charge is -2.16.